The predicted octanol–water partition coefficient (Wildman–Crippen LogP) is 2.80. The fourth-order valence-corrected chi connectivity index (χ4v) is 2.81. The number of carbonyl (C=O) groups excluding carboxylic acids is 1. The Labute approximate surface area is 135 Å². The molecule has 0 saturated carbocycles. The van der Waals surface area contributed by atoms with Crippen LogP contribution in [-0.2, 0) is 0 Å². The minimum absolute atomic E-state index is 0.0128. The summed E-state index contributed by atoms with van der Waals surface area (Å²) in [7, 11) is 1.57. The van der Waals surface area contributed by atoms with Crippen LogP contribution in [-0.4, -0.2) is 44.1 Å². The summed E-state index contributed by atoms with van der Waals surface area (Å²) >= 11 is 0. The number of methoxy groups -OCH3 is 1. The molecule has 0 aromatic heterocycles. The van der Waals surface area contributed by atoms with Crippen LogP contribution in [0, 0.1) is 5.82 Å². The number of hydrogen-bond donors (Lipinski definition) is 0. The largest absolute Gasteiger partial charge is 0.496 e. The molecule has 1 fully saturated rings. The van der Waals surface area contributed by atoms with Crippen LogP contribution in [0.5, 0.6) is 5.75 Å². The third-order valence-corrected chi connectivity index (χ3v) is 4.10. The van der Waals surface area contributed by atoms with E-state index in [0.29, 0.717) is 24.4 Å². The van der Waals surface area contributed by atoms with Crippen molar-refractivity contribution < 1.29 is 13.9 Å². The second-order valence-electron chi connectivity index (χ2n) is 5.46. The van der Waals surface area contributed by atoms with Gasteiger partial charge in [-0.25, -0.2) is 4.39 Å². The van der Waals surface area contributed by atoms with Crippen molar-refractivity contribution in [2.45, 2.75) is 0 Å². The Morgan fingerprint density at radius 2 is 1.65 bits per heavy atom. The molecule has 0 bridgehead atoms. The second kappa shape index (κ2) is 6.69. The van der Waals surface area contributed by atoms with Gasteiger partial charge in [0, 0.05) is 31.9 Å². The van der Waals surface area contributed by atoms with Crippen LogP contribution in [0.25, 0.3) is 0 Å². The molecule has 1 amide bonds. The Morgan fingerprint density at radius 3 is 2.30 bits per heavy atom. The Morgan fingerprint density at radius 1 is 1.00 bits per heavy atom. The smallest absolute Gasteiger partial charge is 0.257 e. The van der Waals surface area contributed by atoms with E-state index in [1.807, 2.05) is 17.0 Å². The minimum Gasteiger partial charge on any atom is -0.496 e. The van der Waals surface area contributed by atoms with Gasteiger partial charge in [-0.2, -0.15) is 0 Å². The van der Waals surface area contributed by atoms with E-state index in [0.717, 1.165) is 18.8 Å². The average molecular weight is 314 g/mol. The maximum atomic E-state index is 13.0. The summed E-state index contributed by atoms with van der Waals surface area (Å²) in [6.07, 6.45) is 0. The predicted molar refractivity (Wildman–Crippen MR) is 87.5 cm³/mol. The molecule has 0 atom stereocenters. The molecule has 23 heavy (non-hydrogen) atoms. The van der Waals surface area contributed by atoms with Gasteiger partial charge in [-0.1, -0.05) is 12.1 Å². The van der Waals surface area contributed by atoms with Crippen LogP contribution < -0.4 is 9.64 Å². The zero-order valence-electron chi connectivity index (χ0n) is 13.0. The van der Waals surface area contributed by atoms with E-state index in [2.05, 4.69) is 4.90 Å². The summed E-state index contributed by atoms with van der Waals surface area (Å²) < 4.78 is 18.3. The molecule has 3 rings (SSSR count). The number of piperazine rings is 1. The molecule has 1 saturated heterocycles. The number of benzene rings is 2. The van der Waals surface area contributed by atoms with Crippen molar-refractivity contribution in [2.24, 2.45) is 0 Å². The van der Waals surface area contributed by atoms with Crippen molar-refractivity contribution in [3.05, 3.63) is 59.9 Å². The van der Waals surface area contributed by atoms with Gasteiger partial charge >= 0.3 is 0 Å². The summed E-state index contributed by atoms with van der Waals surface area (Å²) in [6, 6.07) is 13.7. The molecule has 0 radical (unpaired) electrons. The number of para-hydroxylation sites is 1. The van der Waals surface area contributed by atoms with Gasteiger partial charge in [-0.15, -0.1) is 0 Å². The molecular weight excluding hydrogens is 295 g/mol. The molecule has 4 nitrogen and oxygen atoms in total. The monoisotopic (exact) mass is 314 g/mol. The molecule has 1 heterocycles. The molecule has 1 aliphatic rings. The van der Waals surface area contributed by atoms with Crippen LogP contribution in [0.1, 0.15) is 10.4 Å². The van der Waals surface area contributed by atoms with E-state index in [4.69, 9.17) is 4.74 Å². The first-order valence-electron chi connectivity index (χ1n) is 7.62. The summed E-state index contributed by atoms with van der Waals surface area (Å²) in [6.45, 7) is 2.72. The number of anilines is 1. The summed E-state index contributed by atoms with van der Waals surface area (Å²) in [5, 5.41) is 0. The SMILES string of the molecule is COc1ccccc1C(=O)N1CCN(c2ccc(F)cc2)CC1. The quantitative estimate of drug-likeness (QED) is 0.873. The maximum Gasteiger partial charge on any atom is 0.257 e. The number of nitrogens with zero attached hydrogens (tertiary/aromatic N) is 2. The number of rotatable bonds is 3. The summed E-state index contributed by atoms with van der Waals surface area (Å²) in [5.74, 6) is 0.346. The van der Waals surface area contributed by atoms with E-state index in [9.17, 15) is 9.18 Å². The summed E-state index contributed by atoms with van der Waals surface area (Å²) in [5.41, 5.74) is 1.57. The van der Waals surface area contributed by atoms with E-state index in [1.165, 1.54) is 12.1 Å². The highest BCUT2D eigenvalue weighted by Gasteiger charge is 2.24. The van der Waals surface area contributed by atoms with E-state index in [-0.39, 0.29) is 11.7 Å². The van der Waals surface area contributed by atoms with Gasteiger partial charge in [0.05, 0.1) is 12.7 Å². The third kappa shape index (κ3) is 3.28. The van der Waals surface area contributed by atoms with E-state index >= 15 is 0 Å². The van der Waals surface area contributed by atoms with Crippen molar-refractivity contribution >= 4 is 11.6 Å². The molecule has 0 N–H and O–H groups in total. The lowest BCUT2D eigenvalue weighted by Crippen LogP contribution is -2.48. The zero-order valence-corrected chi connectivity index (χ0v) is 13.0. The average Bonchev–Trinajstić information content (AvgIpc) is 2.62. The fourth-order valence-electron chi connectivity index (χ4n) is 2.81. The fraction of sp³-hybridized carbons (Fsp3) is 0.278. The van der Waals surface area contributed by atoms with Crippen LogP contribution in [0.4, 0.5) is 10.1 Å². The highest BCUT2D eigenvalue weighted by atomic mass is 19.1. The van der Waals surface area contributed by atoms with Gasteiger partial charge in [-0.3, -0.25) is 4.79 Å². The number of hydrogen-bond acceptors (Lipinski definition) is 3. The molecule has 2 aromatic rings. The Hall–Kier alpha value is -2.56. The maximum absolute atomic E-state index is 13.0. The molecule has 1 aliphatic heterocycles. The Kier molecular flexibility index (Phi) is 4.46. The van der Waals surface area contributed by atoms with Crippen LogP contribution in [0.15, 0.2) is 48.5 Å². The van der Waals surface area contributed by atoms with Crippen molar-refractivity contribution in [2.75, 3.05) is 38.2 Å². The third-order valence-electron chi connectivity index (χ3n) is 4.10. The van der Waals surface area contributed by atoms with Crippen LogP contribution >= 0.6 is 0 Å². The standard InChI is InChI=1S/C18H19FN2O2/c1-23-17-5-3-2-4-16(17)18(22)21-12-10-20(11-13-21)15-8-6-14(19)7-9-15/h2-9H,10-13H2,1H3. The Bertz CT molecular complexity index is 680. The van der Waals surface area contributed by atoms with Gasteiger partial charge in [-0.05, 0) is 36.4 Å². The topological polar surface area (TPSA) is 32.8 Å². The lowest BCUT2D eigenvalue weighted by atomic mass is 10.1. The molecule has 2 aromatic carbocycles. The molecule has 0 spiro atoms. The minimum atomic E-state index is -0.237. The molecule has 120 valence electrons. The second-order valence-corrected chi connectivity index (χ2v) is 5.46. The highest BCUT2D eigenvalue weighted by molar-refractivity contribution is 5.97. The first kappa shape index (κ1) is 15.3. The number of carbonyl (C=O) groups is 1. The van der Waals surface area contributed by atoms with Gasteiger partial charge in [0.25, 0.3) is 5.91 Å². The zero-order chi connectivity index (χ0) is 16.2. The van der Waals surface area contributed by atoms with Crippen molar-refractivity contribution in [1.82, 2.24) is 4.90 Å². The number of ether oxygens (including phenoxy) is 1. The van der Waals surface area contributed by atoms with Crippen molar-refractivity contribution in [3.63, 3.8) is 0 Å². The van der Waals surface area contributed by atoms with Crippen molar-refractivity contribution in [3.8, 4) is 5.75 Å². The first-order chi connectivity index (χ1) is 11.2. The number of amides is 1. The molecular formula is C18H19FN2O2. The van der Waals surface area contributed by atoms with Gasteiger partial charge in [0.1, 0.15) is 11.6 Å². The number of halogens is 1. The highest BCUT2D eigenvalue weighted by Crippen LogP contribution is 2.22. The van der Waals surface area contributed by atoms with Crippen LogP contribution in [0.3, 0.4) is 0 Å². The van der Waals surface area contributed by atoms with Crippen LogP contribution in [0.2, 0.25) is 0 Å². The lowest BCUT2D eigenvalue weighted by Gasteiger charge is -2.36. The van der Waals surface area contributed by atoms with Gasteiger partial charge < -0.3 is 14.5 Å². The summed E-state index contributed by atoms with van der Waals surface area (Å²) in [4.78, 5) is 16.6. The lowest BCUT2D eigenvalue weighted by molar-refractivity contribution is 0.0743. The van der Waals surface area contributed by atoms with E-state index in [1.54, 1.807) is 31.4 Å². The van der Waals surface area contributed by atoms with Gasteiger partial charge in [0.2, 0.25) is 0 Å². The molecule has 5 heteroatoms. The molecule has 0 aliphatic carbocycles. The van der Waals surface area contributed by atoms with Gasteiger partial charge in [0.15, 0.2) is 0 Å². The Balaban J connectivity index is 1.66. The van der Waals surface area contributed by atoms with E-state index < -0.39 is 0 Å². The van der Waals surface area contributed by atoms with Crippen molar-refractivity contribution in [1.29, 1.82) is 0 Å². The normalized spacial score (nSPS) is 14.7. The first-order valence-corrected chi connectivity index (χ1v) is 7.62. The molecule has 0 unspecified atom stereocenters.